The number of carbonyl (C=O) groups is 1. The molecule has 0 atom stereocenters. The largest absolute Gasteiger partial charge is 0.393 e. The summed E-state index contributed by atoms with van der Waals surface area (Å²) in [6.07, 6.45) is 5.04. The number of amides is 1. The first-order valence-electron chi connectivity index (χ1n) is 5.86. The molecule has 0 aliphatic rings. The molecule has 1 aromatic heterocycles. The summed E-state index contributed by atoms with van der Waals surface area (Å²) < 4.78 is 1.80. The second kappa shape index (κ2) is 5.83. The van der Waals surface area contributed by atoms with Crippen LogP contribution in [0.1, 0.15) is 10.4 Å². The summed E-state index contributed by atoms with van der Waals surface area (Å²) in [5, 5.41) is 13.4. The maximum absolute atomic E-state index is 11.9. The number of benzene rings is 1. The minimum atomic E-state index is -0.613. The van der Waals surface area contributed by atoms with Gasteiger partial charge in [0, 0.05) is 31.5 Å². The third-order valence-corrected chi connectivity index (χ3v) is 2.74. The number of hydrogen-bond acceptors (Lipinski definition) is 5. The Bertz CT molecular complexity index is 624. The predicted octanol–water partition coefficient (Wildman–Crippen LogP) is 0.803. The molecule has 20 heavy (non-hydrogen) atoms. The molecular weight excluding hydrogens is 262 g/mol. The van der Waals surface area contributed by atoms with Crippen molar-refractivity contribution in [2.75, 3.05) is 12.3 Å². The highest BCUT2D eigenvalue weighted by molar-refractivity contribution is 6.00. The van der Waals surface area contributed by atoms with E-state index in [-0.39, 0.29) is 16.9 Å². The van der Waals surface area contributed by atoms with Crippen molar-refractivity contribution >= 4 is 17.3 Å². The fourth-order valence-electron chi connectivity index (χ4n) is 1.72. The fraction of sp³-hybridized carbons (Fsp3) is 0.167. The summed E-state index contributed by atoms with van der Waals surface area (Å²) in [4.78, 5) is 25.9. The lowest BCUT2D eigenvalue weighted by atomic mass is 10.1. The van der Waals surface area contributed by atoms with Crippen molar-refractivity contribution in [3.8, 4) is 0 Å². The van der Waals surface area contributed by atoms with Gasteiger partial charge in [-0.2, -0.15) is 0 Å². The molecule has 104 valence electrons. The number of nitrogens with two attached hydrogens (primary N) is 1. The van der Waals surface area contributed by atoms with Gasteiger partial charge in [0.15, 0.2) is 0 Å². The van der Waals surface area contributed by atoms with Crippen LogP contribution in [-0.4, -0.2) is 26.9 Å². The summed E-state index contributed by atoms with van der Waals surface area (Å²) in [6, 6.07) is 4.14. The van der Waals surface area contributed by atoms with Crippen LogP contribution < -0.4 is 11.1 Å². The highest BCUT2D eigenvalue weighted by Gasteiger charge is 2.18. The number of aromatic nitrogens is 2. The highest BCUT2D eigenvalue weighted by atomic mass is 16.6. The molecular formula is C12H13N5O3. The Kier molecular flexibility index (Phi) is 3.94. The Labute approximate surface area is 114 Å². The molecule has 0 aliphatic carbocycles. The first kappa shape index (κ1) is 13.5. The summed E-state index contributed by atoms with van der Waals surface area (Å²) >= 11 is 0. The topological polar surface area (TPSA) is 116 Å². The van der Waals surface area contributed by atoms with E-state index in [1.54, 1.807) is 23.3 Å². The molecule has 1 heterocycles. The molecule has 0 radical (unpaired) electrons. The Morgan fingerprint density at radius 1 is 1.50 bits per heavy atom. The third-order valence-electron chi connectivity index (χ3n) is 2.74. The van der Waals surface area contributed by atoms with E-state index >= 15 is 0 Å². The van der Waals surface area contributed by atoms with Crippen molar-refractivity contribution in [3.63, 3.8) is 0 Å². The third kappa shape index (κ3) is 2.91. The van der Waals surface area contributed by atoms with Gasteiger partial charge in [0.05, 0.1) is 16.8 Å². The van der Waals surface area contributed by atoms with Crippen molar-refractivity contribution in [1.29, 1.82) is 0 Å². The van der Waals surface area contributed by atoms with E-state index in [1.807, 2.05) is 0 Å². The Morgan fingerprint density at radius 3 is 2.95 bits per heavy atom. The lowest BCUT2D eigenvalue weighted by Crippen LogP contribution is -2.27. The number of anilines is 1. The van der Waals surface area contributed by atoms with Crippen LogP contribution in [0.2, 0.25) is 0 Å². The average Bonchev–Trinajstić information content (AvgIpc) is 2.91. The van der Waals surface area contributed by atoms with Crippen molar-refractivity contribution < 1.29 is 9.72 Å². The molecule has 0 bridgehead atoms. The summed E-state index contributed by atoms with van der Waals surface area (Å²) in [6.45, 7) is 0.928. The molecule has 8 nitrogen and oxygen atoms in total. The minimum absolute atomic E-state index is 0.102. The maximum Gasteiger partial charge on any atom is 0.292 e. The lowest BCUT2D eigenvalue weighted by molar-refractivity contribution is -0.383. The number of nitrogens with zero attached hydrogens (tertiary/aromatic N) is 3. The second-order valence-corrected chi connectivity index (χ2v) is 4.05. The van der Waals surface area contributed by atoms with E-state index in [1.165, 1.54) is 18.2 Å². The van der Waals surface area contributed by atoms with Crippen molar-refractivity contribution in [2.24, 2.45) is 0 Å². The van der Waals surface area contributed by atoms with Crippen molar-refractivity contribution in [1.82, 2.24) is 14.9 Å². The summed E-state index contributed by atoms with van der Waals surface area (Å²) in [7, 11) is 0. The number of imidazole rings is 1. The van der Waals surface area contributed by atoms with Crippen LogP contribution in [0, 0.1) is 10.1 Å². The normalized spacial score (nSPS) is 10.2. The van der Waals surface area contributed by atoms with E-state index in [9.17, 15) is 14.9 Å². The average molecular weight is 275 g/mol. The highest BCUT2D eigenvalue weighted by Crippen LogP contribution is 2.24. The molecule has 8 heteroatoms. The zero-order chi connectivity index (χ0) is 14.5. The summed E-state index contributed by atoms with van der Waals surface area (Å²) in [5.41, 5.74) is 5.34. The first-order chi connectivity index (χ1) is 9.59. The summed E-state index contributed by atoms with van der Waals surface area (Å²) in [5.74, 6) is -0.439. The number of rotatable bonds is 5. The SMILES string of the molecule is Nc1c(C(=O)NCCn2ccnc2)cccc1[N+](=O)[O-]. The predicted molar refractivity (Wildman–Crippen MR) is 72.1 cm³/mol. The van der Waals surface area contributed by atoms with Gasteiger partial charge in [-0.15, -0.1) is 0 Å². The van der Waals surface area contributed by atoms with Crippen LogP contribution in [-0.2, 0) is 6.54 Å². The van der Waals surface area contributed by atoms with E-state index < -0.39 is 10.8 Å². The zero-order valence-electron chi connectivity index (χ0n) is 10.5. The quantitative estimate of drug-likeness (QED) is 0.475. The van der Waals surface area contributed by atoms with Crippen LogP contribution in [0.25, 0.3) is 0 Å². The molecule has 2 aromatic rings. The molecule has 0 saturated carbocycles. The van der Waals surface area contributed by atoms with Gasteiger partial charge in [-0.25, -0.2) is 4.98 Å². The molecule has 2 rings (SSSR count). The maximum atomic E-state index is 11.9. The van der Waals surface area contributed by atoms with Gasteiger partial charge >= 0.3 is 0 Å². The molecule has 0 saturated heterocycles. The van der Waals surface area contributed by atoms with Gasteiger partial charge < -0.3 is 15.6 Å². The molecule has 1 aromatic carbocycles. The van der Waals surface area contributed by atoms with Crippen LogP contribution in [0.15, 0.2) is 36.9 Å². The molecule has 0 unspecified atom stereocenters. The smallest absolute Gasteiger partial charge is 0.292 e. The monoisotopic (exact) mass is 275 g/mol. The lowest BCUT2D eigenvalue weighted by Gasteiger charge is -2.08. The number of nitrogens with one attached hydrogen (secondary N) is 1. The van der Waals surface area contributed by atoms with Gasteiger partial charge in [-0.1, -0.05) is 6.07 Å². The zero-order valence-corrected chi connectivity index (χ0v) is 10.5. The van der Waals surface area contributed by atoms with Gasteiger partial charge in [-0.05, 0) is 6.07 Å². The number of nitro benzene ring substituents is 1. The molecule has 3 N–H and O–H groups in total. The molecule has 0 aliphatic heterocycles. The van der Waals surface area contributed by atoms with Crippen LogP contribution >= 0.6 is 0 Å². The van der Waals surface area contributed by atoms with Crippen molar-refractivity contribution in [2.45, 2.75) is 6.54 Å². The molecule has 0 spiro atoms. The number of hydrogen-bond donors (Lipinski definition) is 2. The van der Waals surface area contributed by atoms with Gasteiger partial charge in [-0.3, -0.25) is 14.9 Å². The van der Waals surface area contributed by atoms with E-state index in [0.717, 1.165) is 0 Å². The van der Waals surface area contributed by atoms with Gasteiger partial charge in [0.25, 0.3) is 11.6 Å². The minimum Gasteiger partial charge on any atom is -0.393 e. The number of nitro groups is 1. The first-order valence-corrected chi connectivity index (χ1v) is 5.86. The van der Waals surface area contributed by atoms with Crippen LogP contribution in [0.3, 0.4) is 0 Å². The van der Waals surface area contributed by atoms with Gasteiger partial charge in [0.1, 0.15) is 5.69 Å². The Balaban J connectivity index is 2.02. The fourth-order valence-corrected chi connectivity index (χ4v) is 1.72. The van der Waals surface area contributed by atoms with Crippen LogP contribution in [0.4, 0.5) is 11.4 Å². The number of nitrogen functional groups attached to an aromatic ring is 1. The van der Waals surface area contributed by atoms with E-state index in [0.29, 0.717) is 13.1 Å². The Hall–Kier alpha value is -2.90. The number of carbonyl (C=O) groups excluding carboxylic acids is 1. The van der Waals surface area contributed by atoms with Gasteiger partial charge in [0.2, 0.25) is 0 Å². The van der Waals surface area contributed by atoms with Crippen molar-refractivity contribution in [3.05, 3.63) is 52.6 Å². The van der Waals surface area contributed by atoms with Crippen LogP contribution in [0.5, 0.6) is 0 Å². The second-order valence-electron chi connectivity index (χ2n) is 4.05. The molecule has 1 amide bonds. The Morgan fingerprint density at radius 2 is 2.30 bits per heavy atom. The van der Waals surface area contributed by atoms with E-state index in [4.69, 9.17) is 5.73 Å². The number of para-hydroxylation sites is 1. The molecule has 0 fully saturated rings. The van der Waals surface area contributed by atoms with E-state index in [2.05, 4.69) is 10.3 Å². The standard InChI is InChI=1S/C12H13N5O3/c13-11-9(2-1-3-10(11)17(19)20)12(18)15-5-7-16-6-4-14-8-16/h1-4,6,8H,5,7,13H2,(H,15,18).